The first-order valence-corrected chi connectivity index (χ1v) is 7.89. The van der Waals surface area contributed by atoms with Crippen LogP contribution in [0.2, 0.25) is 0 Å². The number of hydrogen-bond acceptors (Lipinski definition) is 3. The van der Waals surface area contributed by atoms with Gasteiger partial charge in [-0.2, -0.15) is 0 Å². The van der Waals surface area contributed by atoms with Crippen LogP contribution in [0.3, 0.4) is 0 Å². The molecule has 3 rings (SSSR count). The number of nitrogens with one attached hydrogen (secondary N) is 1. The fraction of sp³-hybridized carbons (Fsp3) is 0.368. The number of benzene rings is 2. The zero-order valence-electron chi connectivity index (χ0n) is 13.5. The molecule has 0 aliphatic carbocycles. The van der Waals surface area contributed by atoms with E-state index in [2.05, 4.69) is 25.2 Å². The first-order valence-electron chi connectivity index (χ1n) is 7.89. The van der Waals surface area contributed by atoms with Crippen molar-refractivity contribution in [2.24, 2.45) is 0 Å². The second-order valence-electron chi connectivity index (χ2n) is 6.65. The van der Waals surface area contributed by atoms with E-state index in [0.717, 1.165) is 17.7 Å². The van der Waals surface area contributed by atoms with Gasteiger partial charge < -0.3 is 15.2 Å². The van der Waals surface area contributed by atoms with Gasteiger partial charge in [0.15, 0.2) is 0 Å². The maximum Gasteiger partial charge on any atom is 0.129 e. The summed E-state index contributed by atoms with van der Waals surface area (Å²) in [5.41, 5.74) is 2.52. The summed E-state index contributed by atoms with van der Waals surface area (Å²) in [5, 5.41) is 13.3. The molecule has 0 bridgehead atoms. The van der Waals surface area contributed by atoms with E-state index in [1.54, 1.807) is 18.2 Å². The second-order valence-corrected chi connectivity index (χ2v) is 6.65. The van der Waals surface area contributed by atoms with E-state index in [1.807, 2.05) is 12.1 Å². The lowest BCUT2D eigenvalue weighted by Gasteiger charge is -2.16. The molecule has 0 radical (unpaired) electrons. The molecule has 0 aromatic heterocycles. The molecule has 1 heterocycles. The summed E-state index contributed by atoms with van der Waals surface area (Å²) in [6.07, 6.45) is 0.0430. The minimum absolute atomic E-state index is 0.143. The highest BCUT2D eigenvalue weighted by molar-refractivity contribution is 5.41. The smallest absolute Gasteiger partial charge is 0.129 e. The van der Waals surface area contributed by atoms with Gasteiger partial charge in [0.25, 0.3) is 0 Å². The van der Waals surface area contributed by atoms with Crippen molar-refractivity contribution in [2.75, 3.05) is 6.54 Å². The number of rotatable bonds is 5. The Hall–Kier alpha value is -1.91. The largest absolute Gasteiger partial charge is 0.487 e. The lowest BCUT2D eigenvalue weighted by molar-refractivity contribution is 0.138. The third kappa shape index (κ3) is 3.71. The van der Waals surface area contributed by atoms with Crippen LogP contribution in [0.15, 0.2) is 42.5 Å². The first kappa shape index (κ1) is 16.0. The third-order valence-electron chi connectivity index (χ3n) is 4.06. The number of fused-ring (bicyclic) bond motifs is 1. The average Bonchev–Trinajstić information content (AvgIpc) is 2.80. The van der Waals surface area contributed by atoms with Crippen LogP contribution >= 0.6 is 0 Å². The summed E-state index contributed by atoms with van der Waals surface area (Å²) in [6, 6.07) is 12.5. The molecule has 0 amide bonds. The van der Waals surface area contributed by atoms with Crippen LogP contribution in [-0.2, 0) is 13.0 Å². The van der Waals surface area contributed by atoms with Crippen molar-refractivity contribution in [1.29, 1.82) is 0 Å². The zero-order chi connectivity index (χ0) is 16.4. The molecule has 2 N–H and O–H groups in total. The summed E-state index contributed by atoms with van der Waals surface area (Å²) < 4.78 is 19.5. The van der Waals surface area contributed by atoms with Gasteiger partial charge in [-0.3, -0.25) is 0 Å². The van der Waals surface area contributed by atoms with Gasteiger partial charge in [-0.05, 0) is 37.1 Å². The van der Waals surface area contributed by atoms with Gasteiger partial charge >= 0.3 is 0 Å². The molecule has 1 unspecified atom stereocenters. The molecule has 1 atom stereocenters. The summed E-state index contributed by atoms with van der Waals surface area (Å²) in [4.78, 5) is 0. The van der Waals surface area contributed by atoms with Crippen molar-refractivity contribution in [3.63, 3.8) is 0 Å². The maximum atomic E-state index is 13.6. The van der Waals surface area contributed by atoms with Gasteiger partial charge in [0.1, 0.15) is 17.2 Å². The van der Waals surface area contributed by atoms with Gasteiger partial charge in [-0.25, -0.2) is 4.39 Å². The van der Waals surface area contributed by atoms with Gasteiger partial charge in [0, 0.05) is 25.1 Å². The average molecular weight is 315 g/mol. The predicted octanol–water partition coefficient (Wildman–Crippen LogP) is 3.36. The summed E-state index contributed by atoms with van der Waals surface area (Å²) >= 11 is 0. The Labute approximate surface area is 136 Å². The van der Waals surface area contributed by atoms with Crippen LogP contribution in [0.25, 0.3) is 0 Å². The lowest BCUT2D eigenvalue weighted by atomic mass is 10.0. The van der Waals surface area contributed by atoms with Gasteiger partial charge in [0.2, 0.25) is 0 Å². The minimum Gasteiger partial charge on any atom is -0.487 e. The van der Waals surface area contributed by atoms with Crippen molar-refractivity contribution in [1.82, 2.24) is 5.32 Å². The SMILES string of the molecule is CC1(C)Cc2cc(CNCC(O)c3ccccc3F)ccc2O1. The number of aliphatic hydroxyl groups excluding tert-OH is 1. The normalized spacial score (nSPS) is 16.7. The highest BCUT2D eigenvalue weighted by atomic mass is 19.1. The van der Waals surface area contributed by atoms with Gasteiger partial charge in [0.05, 0.1) is 6.10 Å². The standard InChI is InChI=1S/C19H22FNO2/c1-19(2)10-14-9-13(7-8-18(14)23-19)11-21-12-17(22)15-5-3-4-6-16(15)20/h3-9,17,21-22H,10-12H2,1-2H3. The summed E-state index contributed by atoms with van der Waals surface area (Å²) in [6.45, 7) is 5.09. The summed E-state index contributed by atoms with van der Waals surface area (Å²) in [7, 11) is 0. The first-order chi connectivity index (χ1) is 10.9. The Kier molecular flexibility index (Phi) is 4.37. The second kappa shape index (κ2) is 6.30. The van der Waals surface area contributed by atoms with Crippen molar-refractivity contribution < 1.29 is 14.2 Å². The number of halogens is 1. The Bertz CT molecular complexity index is 700. The molecule has 0 spiro atoms. The molecule has 122 valence electrons. The lowest BCUT2D eigenvalue weighted by Crippen LogP contribution is -2.24. The van der Waals surface area contributed by atoms with E-state index in [1.165, 1.54) is 11.6 Å². The van der Waals surface area contributed by atoms with Crippen molar-refractivity contribution >= 4 is 0 Å². The van der Waals surface area contributed by atoms with Crippen molar-refractivity contribution in [3.8, 4) is 5.75 Å². The van der Waals surface area contributed by atoms with Crippen LogP contribution in [0.1, 0.15) is 36.6 Å². The number of hydrogen-bond donors (Lipinski definition) is 2. The Morgan fingerprint density at radius 1 is 1.26 bits per heavy atom. The summed E-state index contributed by atoms with van der Waals surface area (Å²) in [5.74, 6) is 0.573. The van der Waals surface area contributed by atoms with E-state index < -0.39 is 6.10 Å². The molecule has 0 fully saturated rings. The Morgan fingerprint density at radius 2 is 2.04 bits per heavy atom. The van der Waals surface area contributed by atoms with E-state index in [9.17, 15) is 9.50 Å². The predicted molar refractivity (Wildman–Crippen MR) is 87.9 cm³/mol. The van der Waals surface area contributed by atoms with Crippen LogP contribution in [-0.4, -0.2) is 17.3 Å². The van der Waals surface area contributed by atoms with Crippen molar-refractivity contribution in [2.45, 2.75) is 38.5 Å². The van der Waals surface area contributed by atoms with E-state index in [-0.39, 0.29) is 11.4 Å². The molecule has 23 heavy (non-hydrogen) atoms. The quantitative estimate of drug-likeness (QED) is 0.889. The fourth-order valence-corrected chi connectivity index (χ4v) is 2.98. The van der Waals surface area contributed by atoms with E-state index >= 15 is 0 Å². The topological polar surface area (TPSA) is 41.5 Å². The number of ether oxygens (including phenoxy) is 1. The monoisotopic (exact) mass is 315 g/mol. The maximum absolute atomic E-state index is 13.6. The molecule has 1 aliphatic heterocycles. The Balaban J connectivity index is 1.57. The molecule has 2 aromatic rings. The van der Waals surface area contributed by atoms with Crippen LogP contribution in [0.4, 0.5) is 4.39 Å². The zero-order valence-corrected chi connectivity index (χ0v) is 13.5. The molecule has 2 aromatic carbocycles. The molecule has 0 saturated carbocycles. The van der Waals surface area contributed by atoms with Crippen molar-refractivity contribution in [3.05, 3.63) is 65.0 Å². The third-order valence-corrected chi connectivity index (χ3v) is 4.06. The molecule has 1 aliphatic rings. The van der Waals surface area contributed by atoms with Gasteiger partial charge in [-0.15, -0.1) is 0 Å². The highest BCUT2D eigenvalue weighted by Crippen LogP contribution is 2.35. The fourth-order valence-electron chi connectivity index (χ4n) is 2.98. The molecular weight excluding hydrogens is 293 g/mol. The molecule has 3 nitrogen and oxygen atoms in total. The molecular formula is C19H22FNO2. The van der Waals surface area contributed by atoms with Crippen LogP contribution in [0.5, 0.6) is 5.75 Å². The van der Waals surface area contributed by atoms with E-state index in [0.29, 0.717) is 18.7 Å². The highest BCUT2D eigenvalue weighted by Gasteiger charge is 2.29. The van der Waals surface area contributed by atoms with Crippen LogP contribution < -0.4 is 10.1 Å². The van der Waals surface area contributed by atoms with Gasteiger partial charge in [-0.1, -0.05) is 30.3 Å². The molecule has 0 saturated heterocycles. The van der Waals surface area contributed by atoms with E-state index in [4.69, 9.17) is 4.74 Å². The molecule has 4 heteroatoms. The number of aliphatic hydroxyl groups is 1. The minimum atomic E-state index is -0.854. The Morgan fingerprint density at radius 3 is 2.83 bits per heavy atom. The van der Waals surface area contributed by atoms with Crippen LogP contribution in [0, 0.1) is 5.82 Å².